The lowest BCUT2D eigenvalue weighted by Crippen LogP contribution is -2.55. The first-order valence-corrected chi connectivity index (χ1v) is 17.3. The van der Waals surface area contributed by atoms with E-state index in [2.05, 4.69) is 13.8 Å². The molecule has 11 nitrogen and oxygen atoms in total. The molecule has 0 saturated carbocycles. The minimum atomic E-state index is -1.11. The summed E-state index contributed by atoms with van der Waals surface area (Å²) in [5, 5.41) is 30.1. The topological polar surface area (TPSA) is 158 Å². The summed E-state index contributed by atoms with van der Waals surface area (Å²) in [4.78, 5) is 36.5. The Morgan fingerprint density at radius 3 is 2.30 bits per heavy atom. The summed E-state index contributed by atoms with van der Waals surface area (Å²) in [6.45, 7) is 15.1. The molecule has 4 saturated heterocycles. The Hall–Kier alpha value is -1.63. The van der Waals surface area contributed by atoms with E-state index in [1.54, 1.807) is 13.8 Å². The number of hydrogen-bond acceptors (Lipinski definition) is 9. The molecule has 15 unspecified atom stereocenters. The van der Waals surface area contributed by atoms with Crippen LogP contribution in [0.1, 0.15) is 107 Å². The number of carbonyl (C=O) groups is 3. The first-order chi connectivity index (χ1) is 21.4. The predicted octanol–water partition coefficient (Wildman–Crippen LogP) is 4.85. The van der Waals surface area contributed by atoms with E-state index in [0.29, 0.717) is 25.7 Å². The average molecular weight is 655 g/mol. The number of aliphatic carboxylic acids is 2. The standard InChI is InChI=1S/C35H58O11/c1-10-34(30-19(3)16-25(43-30)27(37)18(2)15-20(4)31(38)39)12-11-26(44-34)33(8)13-14-35(46-33)17-24(36)21(5)29(45-35)22(6)28(42-9)23(7)32(40)41/h18-23,25-30,37H,10-17H2,1-9H3,(H,38,39)(H,40,41). The molecule has 0 radical (unpaired) electrons. The molecule has 264 valence electrons. The van der Waals surface area contributed by atoms with E-state index in [9.17, 15) is 29.7 Å². The molecule has 3 N–H and O–H groups in total. The molecule has 4 aliphatic heterocycles. The van der Waals surface area contributed by atoms with E-state index in [-0.39, 0.29) is 42.2 Å². The molecule has 4 aliphatic rings. The fraction of sp³-hybridized carbons (Fsp3) is 0.914. The van der Waals surface area contributed by atoms with Gasteiger partial charge in [-0.15, -0.1) is 0 Å². The van der Waals surface area contributed by atoms with Gasteiger partial charge in [-0.2, -0.15) is 0 Å². The van der Waals surface area contributed by atoms with Crippen LogP contribution in [0.15, 0.2) is 0 Å². The van der Waals surface area contributed by atoms with Crippen LogP contribution >= 0.6 is 0 Å². The molecule has 4 fully saturated rings. The van der Waals surface area contributed by atoms with Crippen LogP contribution in [0.4, 0.5) is 0 Å². The van der Waals surface area contributed by atoms with E-state index < -0.39 is 71.1 Å². The van der Waals surface area contributed by atoms with Crippen molar-refractivity contribution in [3.63, 3.8) is 0 Å². The van der Waals surface area contributed by atoms with Gasteiger partial charge in [0.15, 0.2) is 5.79 Å². The summed E-state index contributed by atoms with van der Waals surface area (Å²) in [5.41, 5.74) is -1.27. The van der Waals surface area contributed by atoms with Gasteiger partial charge in [0.25, 0.3) is 0 Å². The number of ketones is 1. The normalized spacial score (nSPS) is 42.1. The van der Waals surface area contributed by atoms with Crippen molar-refractivity contribution in [1.29, 1.82) is 0 Å². The van der Waals surface area contributed by atoms with Crippen LogP contribution in [-0.4, -0.2) is 93.8 Å². The van der Waals surface area contributed by atoms with Gasteiger partial charge < -0.3 is 39.0 Å². The summed E-state index contributed by atoms with van der Waals surface area (Å²) in [6, 6.07) is 0. The van der Waals surface area contributed by atoms with Crippen molar-refractivity contribution < 1.29 is 53.4 Å². The molecule has 4 rings (SSSR count). The van der Waals surface area contributed by atoms with Crippen molar-refractivity contribution in [3.8, 4) is 0 Å². The number of methoxy groups -OCH3 is 1. The lowest BCUT2D eigenvalue weighted by atomic mass is 9.79. The second kappa shape index (κ2) is 14.1. The molecule has 0 amide bonds. The highest BCUT2D eigenvalue weighted by Crippen LogP contribution is 2.54. The Morgan fingerprint density at radius 1 is 1.04 bits per heavy atom. The summed E-state index contributed by atoms with van der Waals surface area (Å²) in [7, 11) is 1.49. The smallest absolute Gasteiger partial charge is 0.308 e. The molecule has 11 heteroatoms. The monoisotopic (exact) mass is 654 g/mol. The lowest BCUT2D eigenvalue weighted by Gasteiger charge is -2.46. The van der Waals surface area contributed by atoms with Crippen LogP contribution in [-0.2, 0) is 38.1 Å². The number of hydrogen-bond donors (Lipinski definition) is 3. The van der Waals surface area contributed by atoms with Gasteiger partial charge in [-0.05, 0) is 64.2 Å². The quantitative estimate of drug-likeness (QED) is 0.249. The third-order valence-corrected chi connectivity index (χ3v) is 12.0. The van der Waals surface area contributed by atoms with Crippen LogP contribution in [0.25, 0.3) is 0 Å². The van der Waals surface area contributed by atoms with Crippen molar-refractivity contribution in [2.45, 2.75) is 160 Å². The molecule has 0 aromatic carbocycles. The molecular formula is C35H58O11. The molecule has 4 heterocycles. The molecule has 0 aliphatic carbocycles. The van der Waals surface area contributed by atoms with Gasteiger partial charge in [-0.25, -0.2) is 0 Å². The van der Waals surface area contributed by atoms with Crippen molar-refractivity contribution >= 4 is 17.7 Å². The maximum Gasteiger partial charge on any atom is 0.308 e. The highest BCUT2D eigenvalue weighted by Gasteiger charge is 2.61. The van der Waals surface area contributed by atoms with Crippen LogP contribution in [0.5, 0.6) is 0 Å². The largest absolute Gasteiger partial charge is 0.481 e. The first-order valence-electron chi connectivity index (χ1n) is 17.3. The Morgan fingerprint density at radius 2 is 1.72 bits per heavy atom. The zero-order chi connectivity index (χ0) is 34.4. The number of Topliss-reactive ketones (excluding diaryl/α,β-unsaturated/α-hetero) is 1. The second-order valence-electron chi connectivity index (χ2n) is 15.3. The Bertz CT molecular complexity index is 1110. The third kappa shape index (κ3) is 7.06. The van der Waals surface area contributed by atoms with Gasteiger partial charge in [-0.1, -0.05) is 41.5 Å². The zero-order valence-electron chi connectivity index (χ0n) is 29.2. The number of ether oxygens (including phenoxy) is 5. The summed E-state index contributed by atoms with van der Waals surface area (Å²) < 4.78 is 32.6. The molecule has 15 atom stereocenters. The highest BCUT2D eigenvalue weighted by atomic mass is 16.7. The fourth-order valence-corrected chi connectivity index (χ4v) is 8.94. The van der Waals surface area contributed by atoms with E-state index in [1.165, 1.54) is 7.11 Å². The lowest BCUT2D eigenvalue weighted by molar-refractivity contribution is -0.311. The molecule has 0 aromatic rings. The van der Waals surface area contributed by atoms with E-state index in [0.717, 1.165) is 19.3 Å². The van der Waals surface area contributed by atoms with Crippen LogP contribution in [0.2, 0.25) is 0 Å². The van der Waals surface area contributed by atoms with Gasteiger partial charge in [0.05, 0.1) is 66.1 Å². The Balaban J connectivity index is 1.46. The van der Waals surface area contributed by atoms with E-state index >= 15 is 0 Å². The average Bonchev–Trinajstić information content (AvgIpc) is 3.71. The second-order valence-corrected chi connectivity index (χ2v) is 15.3. The molecular weight excluding hydrogens is 596 g/mol. The molecule has 1 spiro atoms. The van der Waals surface area contributed by atoms with Gasteiger partial charge in [0, 0.05) is 25.4 Å². The van der Waals surface area contributed by atoms with E-state index in [1.807, 2.05) is 27.7 Å². The first kappa shape index (κ1) is 37.2. The van der Waals surface area contributed by atoms with E-state index in [4.69, 9.17) is 23.7 Å². The summed E-state index contributed by atoms with van der Waals surface area (Å²) >= 11 is 0. The number of aliphatic hydroxyl groups excluding tert-OH is 1. The number of carboxylic acids is 2. The minimum absolute atomic E-state index is 0.0326. The van der Waals surface area contributed by atoms with Crippen LogP contribution in [0, 0.1) is 35.5 Å². The molecule has 46 heavy (non-hydrogen) atoms. The number of rotatable bonds is 13. The fourth-order valence-electron chi connectivity index (χ4n) is 8.94. The maximum absolute atomic E-state index is 13.4. The minimum Gasteiger partial charge on any atom is -0.481 e. The predicted molar refractivity (Wildman–Crippen MR) is 168 cm³/mol. The Labute approximate surface area is 274 Å². The van der Waals surface area contributed by atoms with Gasteiger partial charge in [0.1, 0.15) is 5.78 Å². The Kier molecular flexibility index (Phi) is 11.4. The van der Waals surface area contributed by atoms with Crippen molar-refractivity contribution in [3.05, 3.63) is 0 Å². The number of carboxylic acid groups (broad SMARTS) is 2. The molecule has 0 aromatic heterocycles. The SMILES string of the molecule is CCC1(C2OC(C(O)C(C)CC(C)C(=O)O)CC2C)CCC(C2(C)CCC3(CC(=O)C(C)C(C(C)C(OC)C(C)C(=O)O)O3)O2)O1. The summed E-state index contributed by atoms with van der Waals surface area (Å²) in [6.07, 6.45) is 1.72. The summed E-state index contributed by atoms with van der Waals surface area (Å²) in [5.74, 6) is -5.11. The zero-order valence-corrected chi connectivity index (χ0v) is 29.2. The maximum atomic E-state index is 13.4. The van der Waals surface area contributed by atoms with Gasteiger partial charge >= 0.3 is 11.9 Å². The highest BCUT2D eigenvalue weighted by molar-refractivity contribution is 5.83. The van der Waals surface area contributed by atoms with Crippen molar-refractivity contribution in [2.24, 2.45) is 35.5 Å². The molecule has 0 bridgehead atoms. The van der Waals surface area contributed by atoms with Crippen molar-refractivity contribution in [2.75, 3.05) is 7.11 Å². The third-order valence-electron chi connectivity index (χ3n) is 12.0. The van der Waals surface area contributed by atoms with Crippen molar-refractivity contribution in [1.82, 2.24) is 0 Å². The van der Waals surface area contributed by atoms with Crippen LogP contribution < -0.4 is 0 Å². The number of carbonyl (C=O) groups excluding carboxylic acids is 1. The van der Waals surface area contributed by atoms with Gasteiger partial charge in [-0.3, -0.25) is 14.4 Å². The van der Waals surface area contributed by atoms with Crippen LogP contribution in [0.3, 0.4) is 0 Å². The number of aliphatic hydroxyl groups is 1. The van der Waals surface area contributed by atoms with Gasteiger partial charge in [0.2, 0.25) is 0 Å².